The molecule has 0 heterocycles. The van der Waals surface area contributed by atoms with Crippen molar-refractivity contribution in [1.29, 1.82) is 0 Å². The second-order valence-electron chi connectivity index (χ2n) is 6.53. The second kappa shape index (κ2) is 9.69. The molecule has 33 heavy (non-hydrogen) atoms. The molecule has 0 aliphatic carbocycles. The Morgan fingerprint density at radius 1 is 1.03 bits per heavy atom. The summed E-state index contributed by atoms with van der Waals surface area (Å²) in [6.45, 7) is -0.861. The van der Waals surface area contributed by atoms with Crippen LogP contribution in [0.4, 0.5) is 25.8 Å². The number of sulfonamides is 1. The van der Waals surface area contributed by atoms with Crippen LogP contribution in [0, 0.1) is 21.7 Å². The van der Waals surface area contributed by atoms with Gasteiger partial charge in [-0.3, -0.25) is 19.2 Å². The van der Waals surface area contributed by atoms with Crippen molar-refractivity contribution in [2.75, 3.05) is 16.2 Å². The molecular weight excluding hydrogens is 503 g/mol. The number of rotatable bonds is 7. The Morgan fingerprint density at radius 2 is 1.70 bits per heavy atom. The van der Waals surface area contributed by atoms with Gasteiger partial charge in [-0.05, 0) is 42.5 Å². The van der Waals surface area contributed by atoms with Gasteiger partial charge < -0.3 is 5.32 Å². The number of amides is 1. The van der Waals surface area contributed by atoms with Gasteiger partial charge in [-0.2, -0.15) is 0 Å². The van der Waals surface area contributed by atoms with E-state index in [0.717, 1.165) is 30.3 Å². The van der Waals surface area contributed by atoms with Crippen molar-refractivity contribution < 1.29 is 26.9 Å². The summed E-state index contributed by atoms with van der Waals surface area (Å²) in [6.07, 6.45) is 0. The summed E-state index contributed by atoms with van der Waals surface area (Å²) in [7, 11) is -4.62. The molecular formula is C20H13Cl2F2N3O5S. The molecule has 0 radical (unpaired) electrons. The summed E-state index contributed by atoms with van der Waals surface area (Å²) in [6, 6.07) is 10.6. The fraction of sp³-hybridized carbons (Fsp3) is 0.0500. The molecule has 8 nitrogen and oxygen atoms in total. The zero-order valence-corrected chi connectivity index (χ0v) is 18.7. The number of halogens is 4. The number of hydrogen-bond acceptors (Lipinski definition) is 5. The smallest absolute Gasteiger partial charge is 0.270 e. The molecule has 0 aliphatic heterocycles. The van der Waals surface area contributed by atoms with Gasteiger partial charge in [0.2, 0.25) is 5.91 Å². The number of nitro groups is 1. The van der Waals surface area contributed by atoms with Gasteiger partial charge in [-0.15, -0.1) is 0 Å². The minimum Gasteiger partial charge on any atom is -0.322 e. The van der Waals surface area contributed by atoms with Crippen LogP contribution in [0.1, 0.15) is 0 Å². The van der Waals surface area contributed by atoms with E-state index in [2.05, 4.69) is 5.32 Å². The molecule has 0 saturated carbocycles. The van der Waals surface area contributed by atoms with Gasteiger partial charge in [0, 0.05) is 23.2 Å². The van der Waals surface area contributed by atoms with Crippen molar-refractivity contribution in [2.45, 2.75) is 4.90 Å². The normalized spacial score (nSPS) is 11.2. The maximum atomic E-state index is 13.9. The quantitative estimate of drug-likeness (QED) is 0.351. The SMILES string of the molecule is O=C(CN(c1ccc(Cl)cc1)S(=O)(=O)c1cc([N+](=O)[O-])ccc1Cl)Nc1ccc(F)cc1F. The Kier molecular flexibility index (Phi) is 7.15. The molecule has 0 bridgehead atoms. The van der Waals surface area contributed by atoms with Crippen molar-refractivity contribution in [3.05, 3.63) is 92.5 Å². The van der Waals surface area contributed by atoms with E-state index >= 15 is 0 Å². The molecule has 1 amide bonds. The first-order valence-electron chi connectivity index (χ1n) is 8.96. The van der Waals surface area contributed by atoms with Crippen LogP contribution in [0.15, 0.2) is 65.6 Å². The predicted octanol–water partition coefficient (Wildman–Crippen LogP) is 5.01. The first-order valence-corrected chi connectivity index (χ1v) is 11.2. The highest BCUT2D eigenvalue weighted by atomic mass is 35.5. The number of nitro benzene ring substituents is 1. The molecule has 0 aliphatic rings. The summed E-state index contributed by atoms with van der Waals surface area (Å²) < 4.78 is 54.4. The van der Waals surface area contributed by atoms with Crippen LogP contribution in [0.25, 0.3) is 0 Å². The highest BCUT2D eigenvalue weighted by Crippen LogP contribution is 2.32. The molecule has 13 heteroatoms. The van der Waals surface area contributed by atoms with E-state index in [0.29, 0.717) is 10.4 Å². The lowest BCUT2D eigenvalue weighted by molar-refractivity contribution is -0.385. The molecule has 0 fully saturated rings. The van der Waals surface area contributed by atoms with Gasteiger partial charge in [0.15, 0.2) is 0 Å². The molecule has 0 saturated heterocycles. The average molecular weight is 516 g/mol. The molecule has 3 aromatic rings. The fourth-order valence-electron chi connectivity index (χ4n) is 2.76. The predicted molar refractivity (Wildman–Crippen MR) is 119 cm³/mol. The number of non-ortho nitro benzene ring substituents is 1. The maximum Gasteiger partial charge on any atom is 0.270 e. The van der Waals surface area contributed by atoms with Crippen molar-refractivity contribution in [3.63, 3.8) is 0 Å². The molecule has 3 rings (SSSR count). The molecule has 0 aromatic heterocycles. The molecule has 172 valence electrons. The van der Waals surface area contributed by atoms with Crippen LogP contribution in [-0.4, -0.2) is 25.8 Å². The Morgan fingerprint density at radius 3 is 2.30 bits per heavy atom. The highest BCUT2D eigenvalue weighted by Gasteiger charge is 2.31. The molecule has 0 unspecified atom stereocenters. The third-order valence-corrected chi connectivity index (χ3v) is 6.81. The van der Waals surface area contributed by atoms with Crippen LogP contribution in [0.3, 0.4) is 0 Å². The van der Waals surface area contributed by atoms with E-state index in [1.165, 1.54) is 24.3 Å². The van der Waals surface area contributed by atoms with Gasteiger partial charge in [0.05, 0.1) is 21.3 Å². The number of benzene rings is 3. The number of hydrogen-bond donors (Lipinski definition) is 1. The van der Waals surface area contributed by atoms with Crippen molar-refractivity contribution in [1.82, 2.24) is 0 Å². The first-order chi connectivity index (χ1) is 15.5. The maximum absolute atomic E-state index is 13.9. The summed E-state index contributed by atoms with van der Waals surface area (Å²) in [5.41, 5.74) is -0.924. The molecule has 1 N–H and O–H groups in total. The van der Waals surface area contributed by atoms with Crippen LogP contribution in [-0.2, 0) is 14.8 Å². The third kappa shape index (κ3) is 5.56. The summed E-state index contributed by atoms with van der Waals surface area (Å²) in [4.78, 5) is 22.3. The zero-order valence-electron chi connectivity index (χ0n) is 16.3. The Bertz CT molecular complexity index is 1340. The topological polar surface area (TPSA) is 110 Å². The molecule has 0 atom stereocenters. The first kappa shape index (κ1) is 24.4. The largest absolute Gasteiger partial charge is 0.322 e. The number of carbonyl (C=O) groups excluding carboxylic acids is 1. The number of nitrogens with one attached hydrogen (secondary N) is 1. The molecule has 3 aromatic carbocycles. The van der Waals surface area contributed by atoms with E-state index in [-0.39, 0.29) is 21.4 Å². The summed E-state index contributed by atoms with van der Waals surface area (Å²) >= 11 is 11.9. The van der Waals surface area contributed by atoms with Crippen molar-refractivity contribution in [3.8, 4) is 0 Å². The van der Waals surface area contributed by atoms with Crippen molar-refractivity contribution >= 4 is 56.2 Å². The van der Waals surface area contributed by atoms with Crippen LogP contribution in [0.2, 0.25) is 10.0 Å². The lowest BCUT2D eigenvalue weighted by Crippen LogP contribution is -2.38. The lowest BCUT2D eigenvalue weighted by atomic mass is 10.3. The highest BCUT2D eigenvalue weighted by molar-refractivity contribution is 7.93. The van der Waals surface area contributed by atoms with Gasteiger partial charge in [-0.1, -0.05) is 23.2 Å². The van der Waals surface area contributed by atoms with E-state index in [4.69, 9.17) is 23.2 Å². The Hall–Kier alpha value is -3.28. The van der Waals surface area contributed by atoms with E-state index in [1.807, 2.05) is 0 Å². The lowest BCUT2D eigenvalue weighted by Gasteiger charge is -2.24. The fourth-order valence-corrected chi connectivity index (χ4v) is 4.80. The van der Waals surface area contributed by atoms with E-state index in [1.54, 1.807) is 0 Å². The minimum absolute atomic E-state index is 0.0169. The van der Waals surface area contributed by atoms with E-state index < -0.39 is 49.6 Å². The Labute approximate surface area is 196 Å². The van der Waals surface area contributed by atoms with Crippen molar-refractivity contribution in [2.24, 2.45) is 0 Å². The third-order valence-electron chi connectivity index (χ3n) is 4.30. The average Bonchev–Trinajstić information content (AvgIpc) is 2.74. The monoisotopic (exact) mass is 515 g/mol. The standard InChI is InChI=1S/C20H13Cl2F2N3O5S/c21-12-1-4-14(5-2-12)26(11-20(28)25-18-8-3-13(23)9-17(18)24)33(31,32)19-10-15(27(29)30)6-7-16(19)22/h1-10H,11H2,(H,25,28). The molecule has 0 spiro atoms. The Balaban J connectivity index is 2.03. The van der Waals surface area contributed by atoms with Crippen LogP contribution in [0.5, 0.6) is 0 Å². The van der Waals surface area contributed by atoms with Crippen LogP contribution >= 0.6 is 23.2 Å². The summed E-state index contributed by atoms with van der Waals surface area (Å²) in [5.74, 6) is -2.90. The number of anilines is 2. The summed E-state index contributed by atoms with van der Waals surface area (Å²) in [5, 5.41) is 13.2. The second-order valence-corrected chi connectivity index (χ2v) is 9.21. The number of carbonyl (C=O) groups is 1. The minimum atomic E-state index is -4.62. The number of nitrogens with zero attached hydrogens (tertiary/aromatic N) is 2. The van der Waals surface area contributed by atoms with Gasteiger partial charge in [0.25, 0.3) is 15.7 Å². The van der Waals surface area contributed by atoms with Gasteiger partial charge >= 0.3 is 0 Å². The van der Waals surface area contributed by atoms with Crippen LogP contribution < -0.4 is 9.62 Å². The van der Waals surface area contributed by atoms with Gasteiger partial charge in [-0.25, -0.2) is 17.2 Å². The zero-order chi connectivity index (χ0) is 24.3. The van der Waals surface area contributed by atoms with Gasteiger partial charge in [0.1, 0.15) is 23.1 Å². The van der Waals surface area contributed by atoms with E-state index in [9.17, 15) is 32.1 Å².